The molecule has 0 radical (unpaired) electrons. The highest BCUT2D eigenvalue weighted by Crippen LogP contribution is 2.38. The zero-order valence-corrected chi connectivity index (χ0v) is 28.8. The van der Waals surface area contributed by atoms with Crippen molar-refractivity contribution >= 4 is 32.7 Å². The van der Waals surface area contributed by atoms with E-state index in [1.807, 2.05) is 30.3 Å². The molecule has 53 heavy (non-hydrogen) atoms. The van der Waals surface area contributed by atoms with Gasteiger partial charge in [0.2, 0.25) is 0 Å². The van der Waals surface area contributed by atoms with Gasteiger partial charge in [0, 0.05) is 27.5 Å². The van der Waals surface area contributed by atoms with Gasteiger partial charge in [0.15, 0.2) is 5.82 Å². The van der Waals surface area contributed by atoms with E-state index in [2.05, 4.69) is 164 Å². The highest BCUT2D eigenvalue weighted by molar-refractivity contribution is 6.06. The summed E-state index contributed by atoms with van der Waals surface area (Å²) in [4.78, 5) is 10.4. The number of benzene rings is 8. The molecule has 0 saturated carbocycles. The van der Waals surface area contributed by atoms with Crippen LogP contribution in [0.5, 0.6) is 0 Å². The van der Waals surface area contributed by atoms with E-state index >= 15 is 0 Å². The smallest absolute Gasteiger partial charge is 0.160 e. The zero-order valence-electron chi connectivity index (χ0n) is 28.8. The zero-order chi connectivity index (χ0) is 35.1. The van der Waals surface area contributed by atoms with Crippen molar-refractivity contribution in [3.8, 4) is 67.3 Å². The van der Waals surface area contributed by atoms with Crippen molar-refractivity contribution in [3.05, 3.63) is 194 Å². The van der Waals surface area contributed by atoms with Gasteiger partial charge in [0.05, 0.1) is 11.4 Å². The van der Waals surface area contributed by atoms with Crippen LogP contribution < -0.4 is 0 Å². The van der Waals surface area contributed by atoms with Crippen LogP contribution in [0.4, 0.5) is 0 Å². The summed E-state index contributed by atoms with van der Waals surface area (Å²) < 4.78 is 6.32. The molecule has 0 unspecified atom stereocenters. The van der Waals surface area contributed by atoms with Gasteiger partial charge in [0.25, 0.3) is 0 Å². The average Bonchev–Trinajstić information content (AvgIpc) is 3.62. The molecule has 0 bridgehead atoms. The van der Waals surface area contributed by atoms with E-state index in [1.54, 1.807) is 0 Å². The second-order valence-electron chi connectivity index (χ2n) is 13.4. The van der Waals surface area contributed by atoms with Crippen molar-refractivity contribution in [2.45, 2.75) is 0 Å². The van der Waals surface area contributed by atoms with E-state index in [0.29, 0.717) is 5.82 Å². The van der Waals surface area contributed by atoms with Gasteiger partial charge in [-0.05, 0) is 98.8 Å². The second-order valence-corrected chi connectivity index (χ2v) is 13.4. The summed E-state index contributed by atoms with van der Waals surface area (Å²) in [5.74, 6) is 0.685. The summed E-state index contributed by atoms with van der Waals surface area (Å²) in [6, 6.07) is 68.2. The lowest BCUT2D eigenvalue weighted by atomic mass is 9.94. The van der Waals surface area contributed by atoms with Crippen LogP contribution in [-0.4, -0.2) is 9.97 Å². The third-order valence-corrected chi connectivity index (χ3v) is 10.0. The third-order valence-electron chi connectivity index (χ3n) is 10.0. The molecule has 0 amide bonds. The Bertz CT molecular complexity index is 2950. The monoisotopic (exact) mass is 676 g/mol. The molecule has 10 aromatic rings. The SMILES string of the molecule is c1ccc(-c2cc(-c3ccc4c(c3)oc3ccccc34)cc(-c3cc(-c4cccc(-c5ccc6ccccc6c5)c4)nc(-c4ccccc4)n3)c2)cc1. The lowest BCUT2D eigenvalue weighted by Gasteiger charge is -2.14. The molecule has 0 atom stereocenters. The Labute approximate surface area is 307 Å². The van der Waals surface area contributed by atoms with Crippen molar-refractivity contribution in [2.75, 3.05) is 0 Å². The molecule has 0 aliphatic rings. The fourth-order valence-electron chi connectivity index (χ4n) is 7.33. The second kappa shape index (κ2) is 12.9. The Hall–Kier alpha value is -7.10. The fourth-order valence-corrected chi connectivity index (χ4v) is 7.33. The van der Waals surface area contributed by atoms with Gasteiger partial charge in [-0.3, -0.25) is 0 Å². The molecule has 3 heteroatoms. The highest BCUT2D eigenvalue weighted by atomic mass is 16.3. The molecule has 0 spiro atoms. The van der Waals surface area contributed by atoms with Gasteiger partial charge < -0.3 is 4.42 Å². The molecule has 10 rings (SSSR count). The first-order valence-corrected chi connectivity index (χ1v) is 17.9. The number of fused-ring (bicyclic) bond motifs is 4. The van der Waals surface area contributed by atoms with Crippen LogP contribution in [0.3, 0.4) is 0 Å². The maximum Gasteiger partial charge on any atom is 0.160 e. The fraction of sp³-hybridized carbons (Fsp3) is 0. The quantitative estimate of drug-likeness (QED) is 0.176. The standard InChI is InChI=1S/C50H32N2O/c1-3-12-33(13-4-1)41-28-42(39-24-25-45-44-20-9-10-21-48(44)53-49(45)31-39)30-43(29-41)47-32-46(51-50(52-47)35-15-5-2-6-16-35)40-19-11-18-37(27-40)38-23-22-34-14-7-8-17-36(34)26-38/h1-32H. The normalized spacial score (nSPS) is 11.4. The topological polar surface area (TPSA) is 38.9 Å². The minimum Gasteiger partial charge on any atom is -0.456 e. The van der Waals surface area contributed by atoms with Gasteiger partial charge in [-0.25, -0.2) is 9.97 Å². The van der Waals surface area contributed by atoms with E-state index in [9.17, 15) is 0 Å². The Balaban J connectivity index is 1.14. The van der Waals surface area contributed by atoms with Crippen molar-refractivity contribution in [1.82, 2.24) is 9.97 Å². The molecule has 248 valence electrons. The lowest BCUT2D eigenvalue weighted by molar-refractivity contribution is 0.669. The van der Waals surface area contributed by atoms with Gasteiger partial charge in [-0.2, -0.15) is 0 Å². The number of para-hydroxylation sites is 1. The van der Waals surface area contributed by atoms with Crippen LogP contribution in [0, 0.1) is 0 Å². The maximum absolute atomic E-state index is 6.32. The third kappa shape index (κ3) is 5.85. The van der Waals surface area contributed by atoms with E-state index in [4.69, 9.17) is 14.4 Å². The molecule has 0 aliphatic heterocycles. The molecule has 2 heterocycles. The Morgan fingerprint density at radius 3 is 1.66 bits per heavy atom. The molecule has 0 N–H and O–H groups in total. The van der Waals surface area contributed by atoms with Gasteiger partial charge in [-0.15, -0.1) is 0 Å². The van der Waals surface area contributed by atoms with Crippen molar-refractivity contribution in [1.29, 1.82) is 0 Å². The van der Waals surface area contributed by atoms with Crippen LogP contribution in [0.25, 0.3) is 100.0 Å². The predicted molar refractivity (Wildman–Crippen MR) is 219 cm³/mol. The summed E-state index contributed by atoms with van der Waals surface area (Å²) in [6.45, 7) is 0. The Kier molecular flexibility index (Phi) is 7.47. The predicted octanol–water partition coefficient (Wildman–Crippen LogP) is 13.5. The van der Waals surface area contributed by atoms with Gasteiger partial charge in [0.1, 0.15) is 11.2 Å². The number of hydrogen-bond acceptors (Lipinski definition) is 3. The largest absolute Gasteiger partial charge is 0.456 e. The highest BCUT2D eigenvalue weighted by Gasteiger charge is 2.15. The molecular formula is C50H32N2O. The first kappa shape index (κ1) is 30.7. The molecule has 0 fully saturated rings. The number of nitrogens with zero attached hydrogens (tertiary/aromatic N) is 2. The van der Waals surface area contributed by atoms with Crippen molar-refractivity contribution in [2.24, 2.45) is 0 Å². The molecule has 8 aromatic carbocycles. The summed E-state index contributed by atoms with van der Waals surface area (Å²) >= 11 is 0. The number of hydrogen-bond donors (Lipinski definition) is 0. The van der Waals surface area contributed by atoms with Crippen LogP contribution in [-0.2, 0) is 0 Å². The van der Waals surface area contributed by atoms with E-state index in [1.165, 1.54) is 16.3 Å². The van der Waals surface area contributed by atoms with Crippen LogP contribution >= 0.6 is 0 Å². The van der Waals surface area contributed by atoms with Crippen molar-refractivity contribution < 1.29 is 4.42 Å². The average molecular weight is 677 g/mol. The number of furan rings is 1. The van der Waals surface area contributed by atoms with Crippen LogP contribution in [0.2, 0.25) is 0 Å². The van der Waals surface area contributed by atoms with E-state index in [-0.39, 0.29) is 0 Å². The molecule has 0 saturated heterocycles. The summed E-state index contributed by atoms with van der Waals surface area (Å²) in [6.07, 6.45) is 0. The molecule has 2 aromatic heterocycles. The van der Waals surface area contributed by atoms with E-state index in [0.717, 1.165) is 77.8 Å². The Morgan fingerprint density at radius 1 is 0.283 bits per heavy atom. The minimum absolute atomic E-state index is 0.685. The lowest BCUT2D eigenvalue weighted by Crippen LogP contribution is -1.97. The molecular weight excluding hydrogens is 645 g/mol. The van der Waals surface area contributed by atoms with Gasteiger partial charge in [-0.1, -0.05) is 140 Å². The summed E-state index contributed by atoms with van der Waals surface area (Å²) in [7, 11) is 0. The number of rotatable bonds is 6. The first-order chi connectivity index (χ1) is 26.2. The Morgan fingerprint density at radius 2 is 0.830 bits per heavy atom. The van der Waals surface area contributed by atoms with Gasteiger partial charge >= 0.3 is 0 Å². The summed E-state index contributed by atoms with van der Waals surface area (Å²) in [5, 5.41) is 4.69. The maximum atomic E-state index is 6.32. The van der Waals surface area contributed by atoms with Crippen LogP contribution in [0.1, 0.15) is 0 Å². The minimum atomic E-state index is 0.685. The number of aromatic nitrogens is 2. The molecule has 0 aliphatic carbocycles. The summed E-state index contributed by atoms with van der Waals surface area (Å²) in [5.41, 5.74) is 13.2. The first-order valence-electron chi connectivity index (χ1n) is 17.9. The van der Waals surface area contributed by atoms with Crippen molar-refractivity contribution in [3.63, 3.8) is 0 Å². The molecule has 3 nitrogen and oxygen atoms in total. The van der Waals surface area contributed by atoms with Crippen LogP contribution in [0.15, 0.2) is 199 Å². The van der Waals surface area contributed by atoms with E-state index < -0.39 is 0 Å².